The lowest BCUT2D eigenvalue weighted by atomic mass is 10.1. The Kier molecular flexibility index (Phi) is 4.83. The van der Waals surface area contributed by atoms with Gasteiger partial charge in [0, 0.05) is 0 Å². The lowest BCUT2D eigenvalue weighted by Gasteiger charge is -2.22. The number of hydrogen-bond acceptors (Lipinski definition) is 3. The molecular weight excluding hydrogens is 214 g/mol. The summed E-state index contributed by atoms with van der Waals surface area (Å²) in [6.07, 6.45) is 2.65. The molecule has 3 nitrogen and oxygen atoms in total. The molecular formula is C14H21NO2. The molecule has 1 saturated heterocycles. The van der Waals surface area contributed by atoms with Gasteiger partial charge in [0.2, 0.25) is 0 Å². The molecule has 0 bridgehead atoms. The Labute approximate surface area is 103 Å². The fourth-order valence-electron chi connectivity index (χ4n) is 1.97. The smallest absolute Gasteiger partial charge is 0.119 e. The molecule has 1 aromatic carbocycles. The van der Waals surface area contributed by atoms with E-state index in [0.29, 0.717) is 19.3 Å². The van der Waals surface area contributed by atoms with Crippen molar-refractivity contribution in [2.24, 2.45) is 0 Å². The van der Waals surface area contributed by atoms with Crippen molar-refractivity contribution >= 4 is 0 Å². The van der Waals surface area contributed by atoms with Gasteiger partial charge in [-0.05, 0) is 45.0 Å². The van der Waals surface area contributed by atoms with Gasteiger partial charge in [-0.25, -0.2) is 0 Å². The zero-order valence-corrected chi connectivity index (χ0v) is 10.4. The Balaban J connectivity index is 1.60. The zero-order chi connectivity index (χ0) is 11.9. The van der Waals surface area contributed by atoms with Gasteiger partial charge in [0.15, 0.2) is 0 Å². The second-order valence-electron chi connectivity index (χ2n) is 4.48. The summed E-state index contributed by atoms with van der Waals surface area (Å²) in [6, 6.07) is 8.12. The zero-order valence-electron chi connectivity index (χ0n) is 10.4. The molecule has 1 aliphatic rings. The SMILES string of the molecule is Cc1ccc(OCCOC2CCNCC2)cc1. The lowest BCUT2D eigenvalue weighted by Crippen LogP contribution is -2.33. The third-order valence-corrected chi connectivity index (χ3v) is 3.01. The molecule has 0 saturated carbocycles. The predicted octanol–water partition coefficient (Wildman–Crippen LogP) is 2.14. The normalized spacial score (nSPS) is 17.0. The van der Waals surface area contributed by atoms with Crippen LogP contribution in [-0.4, -0.2) is 32.4 Å². The summed E-state index contributed by atoms with van der Waals surface area (Å²) in [7, 11) is 0. The Hall–Kier alpha value is -1.06. The Bertz CT molecular complexity index is 317. The molecule has 17 heavy (non-hydrogen) atoms. The van der Waals surface area contributed by atoms with Crippen molar-refractivity contribution in [3.63, 3.8) is 0 Å². The second-order valence-corrected chi connectivity index (χ2v) is 4.48. The molecule has 0 amide bonds. The molecule has 1 aromatic rings. The van der Waals surface area contributed by atoms with Crippen LogP contribution in [0.25, 0.3) is 0 Å². The molecule has 2 rings (SSSR count). The maximum atomic E-state index is 5.76. The van der Waals surface area contributed by atoms with Gasteiger partial charge >= 0.3 is 0 Å². The van der Waals surface area contributed by atoms with Crippen LogP contribution < -0.4 is 10.1 Å². The Morgan fingerprint density at radius 3 is 2.53 bits per heavy atom. The van der Waals surface area contributed by atoms with E-state index in [1.165, 1.54) is 5.56 Å². The van der Waals surface area contributed by atoms with Crippen LogP contribution in [0.15, 0.2) is 24.3 Å². The van der Waals surface area contributed by atoms with Crippen molar-refractivity contribution in [2.45, 2.75) is 25.9 Å². The van der Waals surface area contributed by atoms with Gasteiger partial charge in [-0.1, -0.05) is 17.7 Å². The van der Waals surface area contributed by atoms with Gasteiger partial charge in [0.25, 0.3) is 0 Å². The first-order chi connectivity index (χ1) is 8.34. The van der Waals surface area contributed by atoms with E-state index < -0.39 is 0 Å². The second kappa shape index (κ2) is 6.62. The first kappa shape index (κ1) is 12.4. The molecule has 3 heteroatoms. The standard InChI is InChI=1S/C14H21NO2/c1-12-2-4-13(5-3-12)16-10-11-17-14-6-8-15-9-7-14/h2-5,14-15H,6-11H2,1H3. The summed E-state index contributed by atoms with van der Waals surface area (Å²) in [6.45, 7) is 5.53. The van der Waals surface area contributed by atoms with Gasteiger partial charge in [-0.3, -0.25) is 0 Å². The van der Waals surface area contributed by atoms with Crippen molar-refractivity contribution in [2.75, 3.05) is 26.3 Å². The molecule has 1 fully saturated rings. The van der Waals surface area contributed by atoms with Crippen LogP contribution in [-0.2, 0) is 4.74 Å². The van der Waals surface area contributed by atoms with Crippen LogP contribution in [0, 0.1) is 6.92 Å². The summed E-state index contributed by atoms with van der Waals surface area (Å²) in [5, 5.41) is 3.32. The van der Waals surface area contributed by atoms with Crippen molar-refractivity contribution in [3.8, 4) is 5.75 Å². The van der Waals surface area contributed by atoms with E-state index in [2.05, 4.69) is 24.4 Å². The van der Waals surface area contributed by atoms with Crippen LogP contribution in [0.5, 0.6) is 5.75 Å². The summed E-state index contributed by atoms with van der Waals surface area (Å²) >= 11 is 0. The molecule has 0 aromatic heterocycles. The number of nitrogens with one attached hydrogen (secondary N) is 1. The van der Waals surface area contributed by atoms with E-state index in [9.17, 15) is 0 Å². The van der Waals surface area contributed by atoms with Crippen LogP contribution in [0.2, 0.25) is 0 Å². The van der Waals surface area contributed by atoms with Crippen molar-refractivity contribution in [1.29, 1.82) is 0 Å². The van der Waals surface area contributed by atoms with Crippen LogP contribution in [0.3, 0.4) is 0 Å². The van der Waals surface area contributed by atoms with Crippen LogP contribution >= 0.6 is 0 Å². The Morgan fingerprint density at radius 1 is 1.12 bits per heavy atom. The number of piperidine rings is 1. The number of hydrogen-bond donors (Lipinski definition) is 1. The van der Waals surface area contributed by atoms with E-state index in [4.69, 9.17) is 9.47 Å². The highest BCUT2D eigenvalue weighted by molar-refractivity contribution is 5.26. The molecule has 0 radical (unpaired) electrons. The maximum absolute atomic E-state index is 5.76. The highest BCUT2D eigenvalue weighted by Crippen LogP contribution is 2.11. The number of ether oxygens (including phenoxy) is 2. The van der Waals surface area contributed by atoms with Crippen molar-refractivity contribution in [1.82, 2.24) is 5.32 Å². The summed E-state index contributed by atoms with van der Waals surface area (Å²) in [4.78, 5) is 0. The average Bonchev–Trinajstić information content (AvgIpc) is 2.38. The predicted molar refractivity (Wildman–Crippen MR) is 68.5 cm³/mol. The molecule has 1 N–H and O–H groups in total. The first-order valence-corrected chi connectivity index (χ1v) is 6.36. The van der Waals surface area contributed by atoms with E-state index in [-0.39, 0.29) is 0 Å². The highest BCUT2D eigenvalue weighted by atomic mass is 16.5. The van der Waals surface area contributed by atoms with Crippen LogP contribution in [0.1, 0.15) is 18.4 Å². The van der Waals surface area contributed by atoms with Crippen molar-refractivity contribution in [3.05, 3.63) is 29.8 Å². The lowest BCUT2D eigenvalue weighted by molar-refractivity contribution is 0.0168. The van der Waals surface area contributed by atoms with Gasteiger partial charge < -0.3 is 14.8 Å². The van der Waals surface area contributed by atoms with E-state index in [0.717, 1.165) is 31.7 Å². The van der Waals surface area contributed by atoms with E-state index in [1.54, 1.807) is 0 Å². The fourth-order valence-corrected chi connectivity index (χ4v) is 1.97. The minimum Gasteiger partial charge on any atom is -0.491 e. The van der Waals surface area contributed by atoms with E-state index >= 15 is 0 Å². The Morgan fingerprint density at radius 2 is 1.82 bits per heavy atom. The number of aryl methyl sites for hydroxylation is 1. The molecule has 1 aliphatic heterocycles. The molecule has 94 valence electrons. The monoisotopic (exact) mass is 235 g/mol. The summed E-state index contributed by atoms with van der Waals surface area (Å²) < 4.78 is 11.4. The topological polar surface area (TPSA) is 30.5 Å². The average molecular weight is 235 g/mol. The van der Waals surface area contributed by atoms with Crippen molar-refractivity contribution < 1.29 is 9.47 Å². The molecule has 0 unspecified atom stereocenters. The largest absolute Gasteiger partial charge is 0.491 e. The van der Waals surface area contributed by atoms with Gasteiger partial charge in [0.05, 0.1) is 12.7 Å². The molecule has 0 aliphatic carbocycles. The summed E-state index contributed by atoms with van der Waals surface area (Å²) in [5.41, 5.74) is 1.25. The minimum absolute atomic E-state index is 0.415. The third kappa shape index (κ3) is 4.36. The number of benzene rings is 1. The molecule has 1 heterocycles. The number of rotatable bonds is 5. The van der Waals surface area contributed by atoms with Gasteiger partial charge in [-0.2, -0.15) is 0 Å². The quantitative estimate of drug-likeness (QED) is 0.793. The molecule has 0 atom stereocenters. The minimum atomic E-state index is 0.415. The summed E-state index contributed by atoms with van der Waals surface area (Å²) in [5.74, 6) is 0.921. The first-order valence-electron chi connectivity index (χ1n) is 6.36. The van der Waals surface area contributed by atoms with E-state index in [1.807, 2.05) is 12.1 Å². The maximum Gasteiger partial charge on any atom is 0.119 e. The van der Waals surface area contributed by atoms with Gasteiger partial charge in [-0.15, -0.1) is 0 Å². The fraction of sp³-hybridized carbons (Fsp3) is 0.571. The van der Waals surface area contributed by atoms with Crippen LogP contribution in [0.4, 0.5) is 0 Å². The van der Waals surface area contributed by atoms with Gasteiger partial charge in [0.1, 0.15) is 12.4 Å². The highest BCUT2D eigenvalue weighted by Gasteiger charge is 2.12. The third-order valence-electron chi connectivity index (χ3n) is 3.01. The molecule has 0 spiro atoms.